The van der Waals surface area contributed by atoms with Crippen molar-refractivity contribution >= 4 is 35.9 Å². The standard InChI is InChI=1S/C11H19N3O6.C7H15N3O3/c1-5-19-9(17)8(16)14-13-7(15)6-12-10(18)20-11(2,3)4;1-7(2,3)13-6(12)9-4-5(11)10-8/h5-6H2,1-4H3,(H,12,18)(H,13,15)(H,14,16);4,8H2,1-3H3,(H,9,12)(H,10,11). The van der Waals surface area contributed by atoms with Crippen molar-refractivity contribution in [2.24, 2.45) is 5.84 Å². The van der Waals surface area contributed by atoms with Gasteiger partial charge in [-0.1, -0.05) is 0 Å². The van der Waals surface area contributed by atoms with Gasteiger partial charge in [-0.25, -0.2) is 20.2 Å². The maximum atomic E-state index is 11.2. The average molecular weight is 479 g/mol. The summed E-state index contributed by atoms with van der Waals surface area (Å²) in [7, 11) is 0. The molecular formula is C18H34N6O9. The van der Waals surface area contributed by atoms with Gasteiger partial charge >= 0.3 is 24.1 Å². The van der Waals surface area contributed by atoms with E-state index in [2.05, 4.69) is 15.4 Å². The van der Waals surface area contributed by atoms with Crippen LogP contribution >= 0.6 is 0 Å². The fourth-order valence-electron chi connectivity index (χ4n) is 1.40. The van der Waals surface area contributed by atoms with Gasteiger partial charge in [0.1, 0.15) is 24.3 Å². The van der Waals surface area contributed by atoms with Crippen LogP contribution in [0.1, 0.15) is 48.5 Å². The molecule has 0 aliphatic rings. The topological polar surface area (TPSA) is 216 Å². The van der Waals surface area contributed by atoms with Crippen molar-refractivity contribution in [3.05, 3.63) is 0 Å². The number of amides is 5. The molecule has 0 heterocycles. The van der Waals surface area contributed by atoms with Crippen LogP contribution in [0.15, 0.2) is 0 Å². The normalized spacial score (nSPS) is 10.3. The molecule has 0 fully saturated rings. The van der Waals surface area contributed by atoms with E-state index in [9.17, 15) is 28.8 Å². The molecule has 0 saturated heterocycles. The molecule has 0 radical (unpaired) electrons. The highest BCUT2D eigenvalue weighted by atomic mass is 16.6. The van der Waals surface area contributed by atoms with Crippen LogP contribution in [0.4, 0.5) is 9.59 Å². The van der Waals surface area contributed by atoms with E-state index in [-0.39, 0.29) is 13.2 Å². The quantitative estimate of drug-likeness (QED) is 0.0687. The lowest BCUT2D eigenvalue weighted by Crippen LogP contribution is -2.49. The summed E-state index contributed by atoms with van der Waals surface area (Å²) in [5.41, 5.74) is 4.39. The van der Waals surface area contributed by atoms with Gasteiger partial charge in [0.15, 0.2) is 0 Å². The Balaban J connectivity index is 0. The molecule has 33 heavy (non-hydrogen) atoms. The molecule has 0 bridgehead atoms. The second-order valence-corrected chi connectivity index (χ2v) is 8.00. The zero-order valence-corrected chi connectivity index (χ0v) is 19.9. The van der Waals surface area contributed by atoms with Crippen LogP contribution in [-0.2, 0) is 33.4 Å². The largest absolute Gasteiger partial charge is 0.459 e. The molecule has 0 saturated carbocycles. The van der Waals surface area contributed by atoms with Crippen LogP contribution in [0.25, 0.3) is 0 Å². The molecular weight excluding hydrogens is 444 g/mol. The Morgan fingerprint density at radius 1 is 0.727 bits per heavy atom. The van der Waals surface area contributed by atoms with E-state index in [0.29, 0.717) is 0 Å². The molecule has 0 aromatic heterocycles. The highest BCUT2D eigenvalue weighted by molar-refractivity contribution is 6.32. The van der Waals surface area contributed by atoms with Gasteiger partial charge in [-0.15, -0.1) is 0 Å². The van der Waals surface area contributed by atoms with Crippen molar-refractivity contribution in [3.8, 4) is 0 Å². The molecule has 0 unspecified atom stereocenters. The smallest absolute Gasteiger partial charge is 0.408 e. The minimum absolute atomic E-state index is 0.0421. The van der Waals surface area contributed by atoms with Crippen LogP contribution in [0, 0.1) is 0 Å². The van der Waals surface area contributed by atoms with Gasteiger partial charge in [0.25, 0.3) is 11.8 Å². The third-order valence-corrected chi connectivity index (χ3v) is 2.52. The minimum atomic E-state index is -1.12. The number of nitrogens with two attached hydrogens (primary N) is 1. The third-order valence-electron chi connectivity index (χ3n) is 2.52. The predicted molar refractivity (Wildman–Crippen MR) is 114 cm³/mol. The fraction of sp³-hybridized carbons (Fsp3) is 0.667. The molecule has 7 N–H and O–H groups in total. The number of ether oxygens (including phenoxy) is 3. The first-order valence-electron chi connectivity index (χ1n) is 9.69. The lowest BCUT2D eigenvalue weighted by Gasteiger charge is -2.19. The van der Waals surface area contributed by atoms with Crippen LogP contribution in [-0.4, -0.2) is 66.8 Å². The lowest BCUT2D eigenvalue weighted by atomic mass is 10.2. The first kappa shape index (κ1) is 31.6. The van der Waals surface area contributed by atoms with Crippen molar-refractivity contribution < 1.29 is 43.0 Å². The van der Waals surface area contributed by atoms with E-state index in [1.807, 2.05) is 16.3 Å². The van der Waals surface area contributed by atoms with E-state index >= 15 is 0 Å². The van der Waals surface area contributed by atoms with E-state index in [1.165, 1.54) is 6.92 Å². The van der Waals surface area contributed by atoms with E-state index in [4.69, 9.17) is 15.3 Å². The molecule has 0 aliphatic heterocycles. The molecule has 0 aromatic rings. The molecule has 0 spiro atoms. The number of hydrazine groups is 2. The molecule has 5 amide bonds. The summed E-state index contributed by atoms with van der Waals surface area (Å²) in [5.74, 6) is 1.35. The van der Waals surface area contributed by atoms with E-state index < -0.39 is 53.6 Å². The fourth-order valence-corrected chi connectivity index (χ4v) is 1.40. The second-order valence-electron chi connectivity index (χ2n) is 8.00. The SMILES string of the molecule is CC(C)(C)OC(=O)NCC(=O)NN.CCOC(=O)C(=O)NNC(=O)CNC(=O)OC(C)(C)C. The molecule has 0 rings (SSSR count). The Labute approximate surface area is 191 Å². The first-order chi connectivity index (χ1) is 15.0. The molecule has 0 aromatic carbocycles. The second kappa shape index (κ2) is 15.2. The maximum Gasteiger partial charge on any atom is 0.408 e. The summed E-state index contributed by atoms with van der Waals surface area (Å²) in [6, 6.07) is 0. The molecule has 0 aliphatic carbocycles. The number of rotatable bonds is 5. The van der Waals surface area contributed by atoms with Gasteiger partial charge in [0, 0.05) is 0 Å². The Kier molecular flexibility index (Phi) is 14.6. The first-order valence-corrected chi connectivity index (χ1v) is 9.69. The van der Waals surface area contributed by atoms with Gasteiger partial charge in [-0.2, -0.15) is 0 Å². The summed E-state index contributed by atoms with van der Waals surface area (Å²) in [6.45, 7) is 11.2. The maximum absolute atomic E-state index is 11.2. The average Bonchev–Trinajstić information content (AvgIpc) is 2.66. The van der Waals surface area contributed by atoms with Crippen LogP contribution in [0.2, 0.25) is 0 Å². The molecule has 190 valence electrons. The Morgan fingerprint density at radius 2 is 1.15 bits per heavy atom. The van der Waals surface area contributed by atoms with Crippen LogP contribution in [0.5, 0.6) is 0 Å². The highest BCUT2D eigenvalue weighted by Gasteiger charge is 2.18. The van der Waals surface area contributed by atoms with E-state index in [0.717, 1.165) is 0 Å². The van der Waals surface area contributed by atoms with Crippen molar-refractivity contribution in [3.63, 3.8) is 0 Å². The van der Waals surface area contributed by atoms with Gasteiger partial charge < -0.3 is 24.8 Å². The minimum Gasteiger partial charge on any atom is -0.459 e. The van der Waals surface area contributed by atoms with E-state index in [1.54, 1.807) is 41.5 Å². The Morgan fingerprint density at radius 3 is 1.52 bits per heavy atom. The highest BCUT2D eigenvalue weighted by Crippen LogP contribution is 2.06. The zero-order chi connectivity index (χ0) is 26.2. The van der Waals surface area contributed by atoms with Crippen molar-refractivity contribution in [2.75, 3.05) is 19.7 Å². The molecule has 15 nitrogen and oxygen atoms in total. The van der Waals surface area contributed by atoms with Gasteiger partial charge in [-0.3, -0.25) is 30.7 Å². The van der Waals surface area contributed by atoms with Crippen LogP contribution < -0.4 is 32.8 Å². The predicted octanol–water partition coefficient (Wildman–Crippen LogP) is -1.28. The van der Waals surface area contributed by atoms with Crippen molar-refractivity contribution in [1.82, 2.24) is 26.9 Å². The number of esters is 1. The number of nitrogens with one attached hydrogen (secondary N) is 5. The van der Waals surface area contributed by atoms with Gasteiger partial charge in [0.2, 0.25) is 0 Å². The van der Waals surface area contributed by atoms with Gasteiger partial charge in [0.05, 0.1) is 6.61 Å². The number of carbonyl (C=O) groups excluding carboxylic acids is 6. The molecule has 15 heteroatoms. The number of carbonyl (C=O) groups is 6. The number of hydrogen-bond acceptors (Lipinski definition) is 10. The van der Waals surface area contributed by atoms with Crippen LogP contribution in [0.3, 0.4) is 0 Å². The zero-order valence-electron chi connectivity index (χ0n) is 19.9. The Hall–Kier alpha value is -3.62. The number of alkyl carbamates (subject to hydrolysis) is 2. The van der Waals surface area contributed by atoms with Gasteiger partial charge in [-0.05, 0) is 48.5 Å². The summed E-state index contributed by atoms with van der Waals surface area (Å²) >= 11 is 0. The van der Waals surface area contributed by atoms with Crippen molar-refractivity contribution in [1.29, 1.82) is 0 Å². The van der Waals surface area contributed by atoms with Crippen molar-refractivity contribution in [2.45, 2.75) is 59.7 Å². The molecule has 0 atom stereocenters. The summed E-state index contributed by atoms with van der Waals surface area (Å²) in [5, 5.41) is 4.41. The summed E-state index contributed by atoms with van der Waals surface area (Å²) in [4.78, 5) is 65.9. The lowest BCUT2D eigenvalue weighted by molar-refractivity contribution is -0.155. The summed E-state index contributed by atoms with van der Waals surface area (Å²) in [6.07, 6.45) is -1.42. The monoisotopic (exact) mass is 478 g/mol. The number of hydrogen-bond donors (Lipinski definition) is 6. The summed E-state index contributed by atoms with van der Waals surface area (Å²) < 4.78 is 14.2. The Bertz CT molecular complexity index is 698. The third kappa shape index (κ3) is 21.4.